The quantitative estimate of drug-likeness (QED) is 0.724. The molecule has 3 fully saturated rings. The standard InChI is InChI=1S/C17H30N2O2/c20-15-17(5-11-21-12-6-17)14-19-9-3-16(4-10-19)13-18-7-1-2-8-18/h15-16H,1-14H2. The first kappa shape index (κ1) is 15.4. The number of carbonyl (C=O) groups excluding carboxylic acids is 1. The summed E-state index contributed by atoms with van der Waals surface area (Å²) in [5, 5.41) is 0. The van der Waals surface area contributed by atoms with Gasteiger partial charge in [0.05, 0.1) is 0 Å². The molecule has 0 aromatic heterocycles. The zero-order chi connectivity index (χ0) is 14.5. The van der Waals surface area contributed by atoms with Gasteiger partial charge in [-0.1, -0.05) is 0 Å². The number of rotatable bonds is 5. The smallest absolute Gasteiger partial charge is 0.127 e. The first-order valence-corrected chi connectivity index (χ1v) is 8.78. The molecule has 0 spiro atoms. The van der Waals surface area contributed by atoms with Crippen molar-refractivity contribution in [2.45, 2.75) is 38.5 Å². The summed E-state index contributed by atoms with van der Waals surface area (Å²) in [4.78, 5) is 16.7. The number of hydrogen-bond donors (Lipinski definition) is 0. The predicted octanol–water partition coefficient (Wildman–Crippen LogP) is 1.79. The van der Waals surface area contributed by atoms with Crippen molar-refractivity contribution >= 4 is 6.29 Å². The minimum Gasteiger partial charge on any atom is -0.381 e. The van der Waals surface area contributed by atoms with Crippen LogP contribution in [0.5, 0.6) is 0 Å². The fourth-order valence-corrected chi connectivity index (χ4v) is 4.19. The number of carbonyl (C=O) groups is 1. The Morgan fingerprint density at radius 2 is 1.67 bits per heavy atom. The zero-order valence-corrected chi connectivity index (χ0v) is 13.3. The first-order valence-electron chi connectivity index (χ1n) is 8.78. The molecule has 0 radical (unpaired) electrons. The van der Waals surface area contributed by atoms with Gasteiger partial charge in [-0.15, -0.1) is 0 Å². The maximum absolute atomic E-state index is 11.6. The number of aldehydes is 1. The molecule has 3 rings (SSSR count). The molecule has 0 amide bonds. The molecule has 3 aliphatic heterocycles. The van der Waals surface area contributed by atoms with E-state index in [1.165, 1.54) is 64.7 Å². The van der Waals surface area contributed by atoms with Crippen molar-refractivity contribution in [3.05, 3.63) is 0 Å². The number of nitrogens with zero attached hydrogens (tertiary/aromatic N) is 2. The molecule has 0 unspecified atom stereocenters. The van der Waals surface area contributed by atoms with Crippen LogP contribution in [-0.4, -0.2) is 68.6 Å². The molecular weight excluding hydrogens is 264 g/mol. The van der Waals surface area contributed by atoms with E-state index in [1.54, 1.807) is 0 Å². The summed E-state index contributed by atoms with van der Waals surface area (Å²) in [7, 11) is 0. The summed E-state index contributed by atoms with van der Waals surface area (Å²) in [6.07, 6.45) is 8.43. The maximum Gasteiger partial charge on any atom is 0.127 e. The Labute approximate surface area is 128 Å². The molecule has 0 aromatic rings. The van der Waals surface area contributed by atoms with E-state index in [9.17, 15) is 4.79 Å². The van der Waals surface area contributed by atoms with E-state index in [0.717, 1.165) is 38.5 Å². The molecular formula is C17H30N2O2. The topological polar surface area (TPSA) is 32.8 Å². The molecule has 0 bridgehead atoms. The third-order valence-electron chi connectivity index (χ3n) is 5.70. The Morgan fingerprint density at radius 1 is 1.00 bits per heavy atom. The van der Waals surface area contributed by atoms with Crippen LogP contribution in [0.3, 0.4) is 0 Å². The molecule has 4 heteroatoms. The number of likely N-dealkylation sites (tertiary alicyclic amines) is 2. The highest BCUT2D eigenvalue weighted by molar-refractivity contribution is 5.60. The highest BCUT2D eigenvalue weighted by Crippen LogP contribution is 2.31. The van der Waals surface area contributed by atoms with Crippen LogP contribution in [0.2, 0.25) is 0 Å². The van der Waals surface area contributed by atoms with Gasteiger partial charge in [-0.25, -0.2) is 0 Å². The van der Waals surface area contributed by atoms with Gasteiger partial charge in [0.1, 0.15) is 6.29 Å². The summed E-state index contributed by atoms with van der Waals surface area (Å²) in [5.41, 5.74) is -0.125. The molecule has 4 nitrogen and oxygen atoms in total. The minimum atomic E-state index is -0.125. The van der Waals surface area contributed by atoms with Gasteiger partial charge in [0.25, 0.3) is 0 Å². The van der Waals surface area contributed by atoms with Crippen LogP contribution in [0, 0.1) is 11.3 Å². The van der Waals surface area contributed by atoms with E-state index in [1.807, 2.05) is 0 Å². The van der Waals surface area contributed by atoms with Crippen molar-refractivity contribution in [2.24, 2.45) is 11.3 Å². The van der Waals surface area contributed by atoms with Crippen LogP contribution in [0.25, 0.3) is 0 Å². The van der Waals surface area contributed by atoms with E-state index in [0.29, 0.717) is 0 Å². The van der Waals surface area contributed by atoms with Crippen molar-refractivity contribution in [1.82, 2.24) is 9.80 Å². The van der Waals surface area contributed by atoms with Crippen LogP contribution < -0.4 is 0 Å². The second-order valence-corrected chi connectivity index (χ2v) is 7.32. The normalized spacial score (nSPS) is 28.8. The SMILES string of the molecule is O=CC1(CN2CCC(CN3CCCC3)CC2)CCOCC1. The molecule has 3 heterocycles. The second-order valence-electron chi connectivity index (χ2n) is 7.32. The average Bonchev–Trinajstić information content (AvgIpc) is 3.03. The van der Waals surface area contributed by atoms with Crippen molar-refractivity contribution in [3.63, 3.8) is 0 Å². The van der Waals surface area contributed by atoms with Crippen molar-refractivity contribution in [3.8, 4) is 0 Å². The van der Waals surface area contributed by atoms with Crippen molar-refractivity contribution in [1.29, 1.82) is 0 Å². The molecule has 120 valence electrons. The molecule has 0 N–H and O–H groups in total. The van der Waals surface area contributed by atoms with Gasteiger partial charge in [-0.05, 0) is 70.6 Å². The van der Waals surface area contributed by atoms with Crippen LogP contribution >= 0.6 is 0 Å². The number of piperidine rings is 1. The van der Waals surface area contributed by atoms with E-state index in [2.05, 4.69) is 9.80 Å². The summed E-state index contributed by atoms with van der Waals surface area (Å²) in [6, 6.07) is 0. The van der Waals surface area contributed by atoms with Gasteiger partial charge < -0.3 is 19.3 Å². The average molecular weight is 294 g/mol. The lowest BCUT2D eigenvalue weighted by molar-refractivity contribution is -0.123. The van der Waals surface area contributed by atoms with E-state index < -0.39 is 0 Å². The van der Waals surface area contributed by atoms with E-state index in [4.69, 9.17) is 4.74 Å². The minimum absolute atomic E-state index is 0.125. The summed E-state index contributed by atoms with van der Waals surface area (Å²) < 4.78 is 5.42. The highest BCUT2D eigenvalue weighted by Gasteiger charge is 2.35. The largest absolute Gasteiger partial charge is 0.381 e. The monoisotopic (exact) mass is 294 g/mol. The van der Waals surface area contributed by atoms with Gasteiger partial charge in [-0.3, -0.25) is 0 Å². The molecule has 0 saturated carbocycles. The summed E-state index contributed by atoms with van der Waals surface area (Å²) >= 11 is 0. The Balaban J connectivity index is 1.43. The zero-order valence-electron chi connectivity index (χ0n) is 13.3. The molecule has 21 heavy (non-hydrogen) atoms. The van der Waals surface area contributed by atoms with Gasteiger partial charge in [-0.2, -0.15) is 0 Å². The lowest BCUT2D eigenvalue weighted by Gasteiger charge is -2.40. The lowest BCUT2D eigenvalue weighted by Crippen LogP contribution is -2.46. The summed E-state index contributed by atoms with van der Waals surface area (Å²) in [6.45, 7) is 8.75. The van der Waals surface area contributed by atoms with Crippen LogP contribution in [-0.2, 0) is 9.53 Å². The van der Waals surface area contributed by atoms with Gasteiger partial charge in [0.2, 0.25) is 0 Å². The third-order valence-corrected chi connectivity index (χ3v) is 5.70. The Bertz CT molecular complexity index is 328. The third kappa shape index (κ3) is 4.05. The van der Waals surface area contributed by atoms with Crippen LogP contribution in [0.15, 0.2) is 0 Å². The Hall–Kier alpha value is -0.450. The molecule has 3 saturated heterocycles. The Kier molecular flexibility index (Phi) is 5.30. The highest BCUT2D eigenvalue weighted by atomic mass is 16.5. The van der Waals surface area contributed by atoms with E-state index >= 15 is 0 Å². The second kappa shape index (κ2) is 7.21. The fraction of sp³-hybridized carbons (Fsp3) is 0.941. The molecule has 0 atom stereocenters. The molecule has 3 aliphatic rings. The van der Waals surface area contributed by atoms with Gasteiger partial charge in [0, 0.05) is 31.7 Å². The first-order chi connectivity index (χ1) is 10.3. The summed E-state index contributed by atoms with van der Waals surface area (Å²) in [5.74, 6) is 0.876. The van der Waals surface area contributed by atoms with Gasteiger partial charge in [0.15, 0.2) is 0 Å². The lowest BCUT2D eigenvalue weighted by atomic mass is 9.80. The molecule has 0 aromatic carbocycles. The van der Waals surface area contributed by atoms with Crippen LogP contribution in [0.4, 0.5) is 0 Å². The van der Waals surface area contributed by atoms with Crippen molar-refractivity contribution < 1.29 is 9.53 Å². The maximum atomic E-state index is 11.6. The van der Waals surface area contributed by atoms with E-state index in [-0.39, 0.29) is 5.41 Å². The Morgan fingerprint density at radius 3 is 2.29 bits per heavy atom. The molecule has 0 aliphatic carbocycles. The fourth-order valence-electron chi connectivity index (χ4n) is 4.19. The van der Waals surface area contributed by atoms with Crippen molar-refractivity contribution in [2.75, 3.05) is 52.5 Å². The van der Waals surface area contributed by atoms with Gasteiger partial charge >= 0.3 is 0 Å². The number of hydrogen-bond acceptors (Lipinski definition) is 4. The predicted molar refractivity (Wildman–Crippen MR) is 83.4 cm³/mol. The number of ether oxygens (including phenoxy) is 1. The van der Waals surface area contributed by atoms with Crippen LogP contribution in [0.1, 0.15) is 38.5 Å².